The van der Waals surface area contributed by atoms with Crippen molar-refractivity contribution in [2.45, 2.75) is 26.2 Å². The number of amides is 1. The van der Waals surface area contributed by atoms with Crippen LogP contribution in [0.2, 0.25) is 5.02 Å². The molecule has 1 aliphatic rings. The molecular formula is C16H18ClN3O2. The zero-order chi connectivity index (χ0) is 15.5. The quantitative estimate of drug-likeness (QED) is 0.941. The number of benzene rings is 1. The summed E-state index contributed by atoms with van der Waals surface area (Å²) in [6.45, 7) is 3.48. The molecule has 1 saturated heterocycles. The van der Waals surface area contributed by atoms with Crippen LogP contribution in [0.25, 0.3) is 11.3 Å². The number of piperidine rings is 1. The second kappa shape index (κ2) is 6.50. The van der Waals surface area contributed by atoms with Crippen molar-refractivity contribution >= 4 is 17.5 Å². The Morgan fingerprint density at radius 1 is 1.27 bits per heavy atom. The van der Waals surface area contributed by atoms with Crippen LogP contribution >= 0.6 is 11.6 Å². The largest absolute Gasteiger partial charge is 0.360 e. The normalized spacial score (nSPS) is 15.7. The molecule has 2 aromatic rings. The molecule has 3 rings (SSSR count). The second-order valence-corrected chi connectivity index (χ2v) is 5.84. The van der Waals surface area contributed by atoms with Crippen molar-refractivity contribution < 1.29 is 9.32 Å². The summed E-state index contributed by atoms with van der Waals surface area (Å²) in [7, 11) is 0. The minimum Gasteiger partial charge on any atom is -0.360 e. The van der Waals surface area contributed by atoms with E-state index in [2.05, 4.69) is 10.6 Å². The van der Waals surface area contributed by atoms with Crippen LogP contribution in [-0.2, 0) is 0 Å². The number of halogens is 1. The maximum Gasteiger partial charge on any atom is 0.271 e. The zero-order valence-electron chi connectivity index (χ0n) is 12.4. The molecular weight excluding hydrogens is 302 g/mol. The third-order valence-electron chi connectivity index (χ3n) is 3.83. The predicted octanol–water partition coefficient (Wildman–Crippen LogP) is 3.43. The monoisotopic (exact) mass is 319 g/mol. The fraction of sp³-hybridized carbons (Fsp3) is 0.375. The van der Waals surface area contributed by atoms with Crippen LogP contribution in [0, 0.1) is 6.92 Å². The summed E-state index contributed by atoms with van der Waals surface area (Å²) in [5.41, 5.74) is 4.57. The molecule has 0 unspecified atom stereocenters. The van der Waals surface area contributed by atoms with E-state index in [1.807, 2.05) is 23.2 Å². The Hall–Kier alpha value is -1.85. The van der Waals surface area contributed by atoms with Crippen molar-refractivity contribution in [2.24, 2.45) is 0 Å². The lowest BCUT2D eigenvalue weighted by atomic mass is 10.1. The number of aryl methyl sites for hydroxylation is 1. The van der Waals surface area contributed by atoms with Gasteiger partial charge in [0.25, 0.3) is 5.91 Å². The van der Waals surface area contributed by atoms with Gasteiger partial charge in [0.1, 0.15) is 17.0 Å². The molecule has 1 amide bonds. The summed E-state index contributed by atoms with van der Waals surface area (Å²) in [5.74, 6) is 0.292. The van der Waals surface area contributed by atoms with Gasteiger partial charge in [-0.25, -0.2) is 5.01 Å². The molecule has 22 heavy (non-hydrogen) atoms. The van der Waals surface area contributed by atoms with Crippen molar-refractivity contribution in [1.82, 2.24) is 15.6 Å². The highest BCUT2D eigenvalue weighted by molar-refractivity contribution is 6.33. The molecule has 1 fully saturated rings. The molecule has 1 aromatic carbocycles. The average Bonchev–Trinajstić information content (AvgIpc) is 2.90. The summed E-state index contributed by atoms with van der Waals surface area (Å²) in [5, 5.41) is 6.52. The van der Waals surface area contributed by atoms with E-state index >= 15 is 0 Å². The van der Waals surface area contributed by atoms with E-state index < -0.39 is 0 Å². The molecule has 1 aliphatic heterocycles. The molecule has 0 bridgehead atoms. The average molecular weight is 320 g/mol. The Morgan fingerprint density at radius 2 is 2.00 bits per heavy atom. The third-order valence-corrected chi connectivity index (χ3v) is 4.16. The van der Waals surface area contributed by atoms with E-state index in [9.17, 15) is 4.79 Å². The highest BCUT2D eigenvalue weighted by Crippen LogP contribution is 2.30. The van der Waals surface area contributed by atoms with Crippen LogP contribution in [0.3, 0.4) is 0 Å². The topological polar surface area (TPSA) is 58.4 Å². The summed E-state index contributed by atoms with van der Waals surface area (Å²) < 4.78 is 5.23. The molecule has 0 aliphatic carbocycles. The lowest BCUT2D eigenvalue weighted by Crippen LogP contribution is -2.45. The summed E-state index contributed by atoms with van der Waals surface area (Å²) >= 11 is 6.21. The lowest BCUT2D eigenvalue weighted by Gasteiger charge is -2.26. The molecule has 0 saturated carbocycles. The van der Waals surface area contributed by atoms with Gasteiger partial charge in [-0.15, -0.1) is 0 Å². The SMILES string of the molecule is Cc1onc(-c2ccccc2Cl)c1C(=O)NN1CCCCC1. The van der Waals surface area contributed by atoms with E-state index in [1.54, 1.807) is 13.0 Å². The first kappa shape index (κ1) is 15.1. The summed E-state index contributed by atoms with van der Waals surface area (Å²) in [6.07, 6.45) is 3.41. The molecule has 0 radical (unpaired) electrons. The van der Waals surface area contributed by atoms with Crippen molar-refractivity contribution in [3.63, 3.8) is 0 Å². The van der Waals surface area contributed by atoms with Gasteiger partial charge >= 0.3 is 0 Å². The summed E-state index contributed by atoms with van der Waals surface area (Å²) in [6, 6.07) is 7.30. The number of hydrazine groups is 1. The lowest BCUT2D eigenvalue weighted by molar-refractivity contribution is 0.0749. The maximum absolute atomic E-state index is 12.6. The Labute approximate surface area is 134 Å². The van der Waals surface area contributed by atoms with Gasteiger partial charge in [0.2, 0.25) is 0 Å². The van der Waals surface area contributed by atoms with Gasteiger partial charge in [0, 0.05) is 18.7 Å². The highest BCUT2D eigenvalue weighted by atomic mass is 35.5. The fourth-order valence-electron chi connectivity index (χ4n) is 2.68. The number of hydrogen-bond acceptors (Lipinski definition) is 4. The van der Waals surface area contributed by atoms with E-state index in [0.29, 0.717) is 27.6 Å². The van der Waals surface area contributed by atoms with Crippen LogP contribution < -0.4 is 5.43 Å². The van der Waals surface area contributed by atoms with E-state index in [1.165, 1.54) is 6.42 Å². The highest BCUT2D eigenvalue weighted by Gasteiger charge is 2.24. The molecule has 6 heteroatoms. The van der Waals surface area contributed by atoms with Crippen molar-refractivity contribution in [2.75, 3.05) is 13.1 Å². The van der Waals surface area contributed by atoms with Crippen LogP contribution in [0.5, 0.6) is 0 Å². The number of aromatic nitrogens is 1. The van der Waals surface area contributed by atoms with Crippen LogP contribution in [-0.4, -0.2) is 29.2 Å². The number of carbonyl (C=O) groups is 1. The first-order valence-corrected chi connectivity index (χ1v) is 7.81. The van der Waals surface area contributed by atoms with Crippen molar-refractivity contribution in [3.05, 3.63) is 40.6 Å². The molecule has 116 valence electrons. The molecule has 5 nitrogen and oxygen atoms in total. The second-order valence-electron chi connectivity index (χ2n) is 5.43. The third kappa shape index (κ3) is 3.00. The first-order chi connectivity index (χ1) is 10.7. The van der Waals surface area contributed by atoms with Gasteiger partial charge in [-0.1, -0.05) is 41.4 Å². The smallest absolute Gasteiger partial charge is 0.271 e. The minimum absolute atomic E-state index is 0.199. The maximum atomic E-state index is 12.6. The zero-order valence-corrected chi connectivity index (χ0v) is 13.2. The molecule has 1 aromatic heterocycles. The van der Waals surface area contributed by atoms with Crippen molar-refractivity contribution in [1.29, 1.82) is 0 Å². The Kier molecular flexibility index (Phi) is 4.45. The molecule has 1 N–H and O–H groups in total. The number of nitrogens with zero attached hydrogens (tertiary/aromatic N) is 2. The molecule has 0 spiro atoms. The van der Waals surface area contributed by atoms with Gasteiger partial charge in [-0.3, -0.25) is 10.2 Å². The fourth-order valence-corrected chi connectivity index (χ4v) is 2.91. The van der Waals surface area contributed by atoms with Gasteiger partial charge < -0.3 is 4.52 Å². The van der Waals surface area contributed by atoms with Gasteiger partial charge in [0.15, 0.2) is 0 Å². The van der Waals surface area contributed by atoms with Gasteiger partial charge in [-0.05, 0) is 25.8 Å². The number of rotatable bonds is 3. The van der Waals surface area contributed by atoms with Gasteiger partial charge in [0.05, 0.1) is 5.02 Å². The number of carbonyl (C=O) groups excluding carboxylic acids is 1. The number of hydrogen-bond donors (Lipinski definition) is 1. The van der Waals surface area contributed by atoms with Crippen molar-refractivity contribution in [3.8, 4) is 11.3 Å². The first-order valence-electron chi connectivity index (χ1n) is 7.44. The molecule has 0 atom stereocenters. The van der Waals surface area contributed by atoms with Crippen LogP contribution in [0.1, 0.15) is 35.4 Å². The minimum atomic E-state index is -0.199. The predicted molar refractivity (Wildman–Crippen MR) is 84.6 cm³/mol. The Bertz CT molecular complexity index is 678. The van der Waals surface area contributed by atoms with E-state index in [-0.39, 0.29) is 5.91 Å². The van der Waals surface area contributed by atoms with Crippen LogP contribution in [0.4, 0.5) is 0 Å². The van der Waals surface area contributed by atoms with Crippen LogP contribution in [0.15, 0.2) is 28.8 Å². The summed E-state index contributed by atoms with van der Waals surface area (Å²) in [4.78, 5) is 12.6. The molecule has 2 heterocycles. The van der Waals surface area contributed by atoms with E-state index in [4.69, 9.17) is 16.1 Å². The van der Waals surface area contributed by atoms with E-state index in [0.717, 1.165) is 25.9 Å². The Morgan fingerprint density at radius 3 is 2.73 bits per heavy atom. The van der Waals surface area contributed by atoms with Gasteiger partial charge in [-0.2, -0.15) is 0 Å². The standard InChI is InChI=1S/C16H18ClN3O2/c1-11-14(16(21)18-20-9-5-2-6-10-20)15(19-22-11)12-7-3-4-8-13(12)17/h3-4,7-8H,2,5-6,9-10H2,1H3,(H,18,21). The number of nitrogens with one attached hydrogen (secondary N) is 1. The Balaban J connectivity index is 1.89.